The quantitative estimate of drug-likeness (QED) is 0.856. The summed E-state index contributed by atoms with van der Waals surface area (Å²) in [5.74, 6) is -4.37. The first-order chi connectivity index (χ1) is 13.0. The van der Waals surface area contributed by atoms with Crippen LogP contribution in [0.5, 0.6) is 0 Å². The topological polar surface area (TPSA) is 60.5 Å². The summed E-state index contributed by atoms with van der Waals surface area (Å²) in [6.07, 6.45) is 2.15. The Kier molecular flexibility index (Phi) is 5.00. The van der Waals surface area contributed by atoms with Gasteiger partial charge in [-0.05, 0) is 63.4 Å². The van der Waals surface area contributed by atoms with Crippen molar-refractivity contribution in [2.45, 2.75) is 51.2 Å². The van der Waals surface area contributed by atoms with Crippen LogP contribution in [0.2, 0.25) is 0 Å². The molecule has 1 aromatic carbocycles. The van der Waals surface area contributed by atoms with E-state index in [-0.39, 0.29) is 18.0 Å². The molecule has 28 heavy (non-hydrogen) atoms. The first kappa shape index (κ1) is 20.3. The molecule has 0 aliphatic carbocycles. The van der Waals surface area contributed by atoms with E-state index in [9.17, 15) is 4.39 Å². The molecular formula is C21H24F3N3O. The molecule has 1 aliphatic heterocycles. The number of hydrogen-bond donors (Lipinski definition) is 1. The smallest absolute Gasteiger partial charge is 0.304 e. The van der Waals surface area contributed by atoms with E-state index in [0.29, 0.717) is 12.0 Å². The van der Waals surface area contributed by atoms with Crippen molar-refractivity contribution in [3.05, 3.63) is 64.7 Å². The zero-order valence-electron chi connectivity index (χ0n) is 16.4. The molecule has 0 saturated heterocycles. The van der Waals surface area contributed by atoms with E-state index in [0.717, 1.165) is 11.3 Å². The molecule has 0 bridgehead atoms. The third-order valence-corrected chi connectivity index (χ3v) is 5.25. The highest BCUT2D eigenvalue weighted by molar-refractivity contribution is 5.82. The standard InChI is InChI=1S/C21H24F3N3O/c1-13-5-6-15(11-26-13)9-14-7-8-17(22)16(10-14)20(4)21(23,24)19(2,3)28-12-18(25)27-20/h5-8,10-11H,9,12H2,1-4H3,(H2,25,27)/t20-/m1/s1. The third kappa shape index (κ3) is 3.39. The lowest BCUT2D eigenvalue weighted by atomic mass is 9.77. The molecule has 1 aliphatic rings. The second kappa shape index (κ2) is 6.88. The first-order valence-electron chi connectivity index (χ1n) is 9.03. The van der Waals surface area contributed by atoms with Crippen molar-refractivity contribution in [3.63, 3.8) is 0 Å². The molecule has 0 radical (unpaired) electrons. The van der Waals surface area contributed by atoms with E-state index in [1.165, 1.54) is 32.9 Å². The van der Waals surface area contributed by atoms with Gasteiger partial charge in [0.25, 0.3) is 0 Å². The zero-order chi connectivity index (χ0) is 20.7. The predicted molar refractivity (Wildman–Crippen MR) is 102 cm³/mol. The van der Waals surface area contributed by atoms with Gasteiger partial charge in [0, 0.05) is 17.5 Å². The fourth-order valence-electron chi connectivity index (χ4n) is 3.44. The third-order valence-electron chi connectivity index (χ3n) is 5.25. The number of aliphatic imine (C=N–C) groups is 1. The minimum atomic E-state index is -3.51. The van der Waals surface area contributed by atoms with Gasteiger partial charge in [-0.25, -0.2) is 13.2 Å². The molecule has 0 amide bonds. The van der Waals surface area contributed by atoms with E-state index >= 15 is 8.78 Å². The molecule has 2 N–H and O–H groups in total. The Bertz CT molecular complexity index is 910. The maximum Gasteiger partial charge on any atom is 0.304 e. The monoisotopic (exact) mass is 391 g/mol. The number of hydrogen-bond acceptors (Lipinski definition) is 4. The summed E-state index contributed by atoms with van der Waals surface area (Å²) in [5, 5.41) is 0. The SMILES string of the molecule is Cc1ccc(Cc2ccc(F)c([C@@]3(C)N=C(N)COC(C)(C)C3(F)F)c2)cn1. The minimum Gasteiger partial charge on any atom is -0.385 e. The molecule has 0 fully saturated rings. The van der Waals surface area contributed by atoms with Crippen LogP contribution < -0.4 is 5.73 Å². The van der Waals surface area contributed by atoms with Crippen molar-refractivity contribution < 1.29 is 17.9 Å². The van der Waals surface area contributed by atoms with Crippen LogP contribution in [0.25, 0.3) is 0 Å². The molecule has 2 heterocycles. The highest BCUT2D eigenvalue weighted by Gasteiger charge is 2.63. The number of pyridine rings is 1. The first-order valence-corrected chi connectivity index (χ1v) is 9.03. The van der Waals surface area contributed by atoms with Gasteiger partial charge in [0.15, 0.2) is 5.54 Å². The summed E-state index contributed by atoms with van der Waals surface area (Å²) in [6, 6.07) is 7.97. The number of rotatable bonds is 3. The predicted octanol–water partition coefficient (Wildman–Crippen LogP) is 4.14. The number of amidine groups is 1. The van der Waals surface area contributed by atoms with Crippen LogP contribution in [-0.4, -0.2) is 29.0 Å². The Balaban J connectivity index is 2.10. The number of alkyl halides is 2. The van der Waals surface area contributed by atoms with Crippen LogP contribution in [0, 0.1) is 12.7 Å². The van der Waals surface area contributed by atoms with Crippen LogP contribution in [0.1, 0.15) is 43.2 Å². The molecule has 0 spiro atoms. The summed E-state index contributed by atoms with van der Waals surface area (Å²) < 4.78 is 51.0. The van der Waals surface area contributed by atoms with Gasteiger partial charge in [0.1, 0.15) is 23.9 Å². The molecule has 3 rings (SSSR count). The Hall–Kier alpha value is -2.41. The van der Waals surface area contributed by atoms with Crippen LogP contribution in [0.3, 0.4) is 0 Å². The molecule has 4 nitrogen and oxygen atoms in total. The Labute approximate surface area is 162 Å². The molecule has 2 aromatic rings. The minimum absolute atomic E-state index is 0.0970. The fourth-order valence-corrected chi connectivity index (χ4v) is 3.44. The van der Waals surface area contributed by atoms with E-state index in [4.69, 9.17) is 10.5 Å². The highest BCUT2D eigenvalue weighted by atomic mass is 19.3. The van der Waals surface area contributed by atoms with Gasteiger partial charge in [-0.3, -0.25) is 9.98 Å². The van der Waals surface area contributed by atoms with Crippen LogP contribution >= 0.6 is 0 Å². The number of aromatic nitrogens is 1. The van der Waals surface area contributed by atoms with Gasteiger partial charge in [0.2, 0.25) is 0 Å². The average Bonchev–Trinajstić information content (AvgIpc) is 2.68. The van der Waals surface area contributed by atoms with Crippen molar-refractivity contribution in [1.82, 2.24) is 4.98 Å². The van der Waals surface area contributed by atoms with Gasteiger partial charge in [-0.1, -0.05) is 12.1 Å². The fraction of sp³-hybridized carbons (Fsp3) is 0.429. The Morgan fingerprint density at radius 2 is 1.79 bits per heavy atom. The van der Waals surface area contributed by atoms with E-state index in [2.05, 4.69) is 9.98 Å². The van der Waals surface area contributed by atoms with E-state index in [1.54, 1.807) is 12.3 Å². The lowest BCUT2D eigenvalue weighted by Crippen LogP contribution is -2.56. The number of aryl methyl sites for hydroxylation is 1. The molecule has 0 saturated carbocycles. The Morgan fingerprint density at radius 3 is 2.43 bits per heavy atom. The molecule has 0 unspecified atom stereocenters. The normalized spacial score (nSPS) is 23.8. The maximum atomic E-state index is 15.5. The second-order valence-electron chi connectivity index (χ2n) is 7.85. The number of halogens is 3. The molecule has 1 atom stereocenters. The summed E-state index contributed by atoms with van der Waals surface area (Å²) >= 11 is 0. The highest BCUT2D eigenvalue weighted by Crippen LogP contribution is 2.50. The van der Waals surface area contributed by atoms with Crippen molar-refractivity contribution in [3.8, 4) is 0 Å². The summed E-state index contributed by atoms with van der Waals surface area (Å²) in [4.78, 5) is 8.25. The van der Waals surface area contributed by atoms with Gasteiger partial charge in [-0.2, -0.15) is 0 Å². The van der Waals surface area contributed by atoms with Gasteiger partial charge >= 0.3 is 5.92 Å². The number of benzene rings is 1. The second-order valence-corrected chi connectivity index (χ2v) is 7.85. The zero-order valence-corrected chi connectivity index (χ0v) is 16.4. The number of nitrogens with zero attached hydrogens (tertiary/aromatic N) is 2. The van der Waals surface area contributed by atoms with Crippen molar-refractivity contribution in [2.75, 3.05) is 6.61 Å². The van der Waals surface area contributed by atoms with E-state index in [1.807, 2.05) is 19.1 Å². The van der Waals surface area contributed by atoms with Crippen molar-refractivity contribution >= 4 is 5.84 Å². The van der Waals surface area contributed by atoms with E-state index < -0.39 is 22.9 Å². The lowest BCUT2D eigenvalue weighted by molar-refractivity contribution is -0.214. The number of nitrogens with two attached hydrogens (primary N) is 1. The van der Waals surface area contributed by atoms with Crippen LogP contribution in [-0.2, 0) is 16.7 Å². The molecule has 1 aromatic heterocycles. The lowest BCUT2D eigenvalue weighted by Gasteiger charge is -2.42. The maximum absolute atomic E-state index is 15.5. The van der Waals surface area contributed by atoms with Gasteiger partial charge in [0.05, 0.1) is 0 Å². The van der Waals surface area contributed by atoms with Crippen LogP contribution in [0.4, 0.5) is 13.2 Å². The summed E-state index contributed by atoms with van der Waals surface area (Å²) in [5.41, 5.74) is 3.93. The largest absolute Gasteiger partial charge is 0.385 e. The van der Waals surface area contributed by atoms with Crippen LogP contribution in [0.15, 0.2) is 41.5 Å². The van der Waals surface area contributed by atoms with Gasteiger partial charge in [-0.15, -0.1) is 0 Å². The van der Waals surface area contributed by atoms with Crippen molar-refractivity contribution in [1.29, 1.82) is 0 Å². The summed E-state index contributed by atoms with van der Waals surface area (Å²) in [6.45, 7) is 5.36. The summed E-state index contributed by atoms with van der Waals surface area (Å²) in [7, 11) is 0. The molecular weight excluding hydrogens is 367 g/mol. The average molecular weight is 391 g/mol. The number of ether oxygens (including phenoxy) is 1. The van der Waals surface area contributed by atoms with Gasteiger partial charge < -0.3 is 10.5 Å². The molecule has 7 heteroatoms. The van der Waals surface area contributed by atoms with Crippen molar-refractivity contribution in [2.24, 2.45) is 10.7 Å². The molecule has 150 valence electrons. The Morgan fingerprint density at radius 1 is 1.11 bits per heavy atom.